The molecule has 2 aliphatic rings. The molecule has 3 aromatic rings. The van der Waals surface area contributed by atoms with Gasteiger partial charge in [-0.2, -0.15) is 0 Å². The monoisotopic (exact) mass is 428 g/mol. The highest BCUT2D eigenvalue weighted by molar-refractivity contribution is 6.15. The van der Waals surface area contributed by atoms with Crippen molar-refractivity contribution in [1.29, 1.82) is 0 Å². The molecule has 0 N–H and O–H groups in total. The number of Topliss-reactive ketones (excluding diaryl/α,β-unsaturated/α-hetero) is 1. The summed E-state index contributed by atoms with van der Waals surface area (Å²) in [5.74, 6) is 1.72. The molecule has 5 rings (SSSR count). The molecule has 6 nitrogen and oxygen atoms in total. The van der Waals surface area contributed by atoms with Gasteiger partial charge < -0.3 is 18.9 Å². The molecule has 0 amide bonds. The van der Waals surface area contributed by atoms with E-state index in [1.807, 2.05) is 48.5 Å². The van der Waals surface area contributed by atoms with E-state index in [-0.39, 0.29) is 29.9 Å². The van der Waals surface area contributed by atoms with Crippen molar-refractivity contribution in [1.82, 2.24) is 0 Å². The van der Waals surface area contributed by atoms with Crippen LogP contribution in [0.15, 0.2) is 66.4 Å². The molecule has 0 aromatic heterocycles. The van der Waals surface area contributed by atoms with E-state index in [2.05, 4.69) is 0 Å². The lowest BCUT2D eigenvalue weighted by molar-refractivity contribution is -0.135. The Labute approximate surface area is 185 Å². The summed E-state index contributed by atoms with van der Waals surface area (Å²) in [6.45, 7) is 0. The lowest BCUT2D eigenvalue weighted by atomic mass is 9.84. The minimum atomic E-state index is -0.323. The van der Waals surface area contributed by atoms with Crippen LogP contribution < -0.4 is 18.9 Å². The summed E-state index contributed by atoms with van der Waals surface area (Å²) in [7, 11) is 3.20. The molecule has 1 atom stereocenters. The van der Waals surface area contributed by atoms with Crippen molar-refractivity contribution in [2.24, 2.45) is 0 Å². The molecule has 0 saturated carbocycles. The van der Waals surface area contributed by atoms with Gasteiger partial charge in [0.05, 0.1) is 26.2 Å². The smallest absolute Gasteiger partial charge is 0.312 e. The predicted molar refractivity (Wildman–Crippen MR) is 117 cm³/mol. The van der Waals surface area contributed by atoms with Crippen LogP contribution in [-0.2, 0) is 4.79 Å². The summed E-state index contributed by atoms with van der Waals surface area (Å²) in [5.41, 5.74) is 2.90. The number of fused-ring (bicyclic) bond motifs is 3. The minimum Gasteiger partial charge on any atom is -0.497 e. The topological polar surface area (TPSA) is 71.1 Å². The highest BCUT2D eigenvalue weighted by Crippen LogP contribution is 2.49. The lowest BCUT2D eigenvalue weighted by Gasteiger charge is -2.26. The fourth-order valence-electron chi connectivity index (χ4n) is 4.08. The highest BCUT2D eigenvalue weighted by atomic mass is 16.5. The Kier molecular flexibility index (Phi) is 4.90. The maximum absolute atomic E-state index is 13.1. The number of rotatable bonds is 4. The number of benzene rings is 3. The Balaban J connectivity index is 1.56. The summed E-state index contributed by atoms with van der Waals surface area (Å²) in [4.78, 5) is 25.3. The maximum atomic E-state index is 13.1. The molecule has 0 spiro atoms. The summed E-state index contributed by atoms with van der Waals surface area (Å²) in [6, 6.07) is 18.2. The molecule has 1 unspecified atom stereocenters. The van der Waals surface area contributed by atoms with E-state index in [1.165, 1.54) is 0 Å². The number of carbonyl (C=O) groups is 2. The zero-order chi connectivity index (χ0) is 22.2. The highest BCUT2D eigenvalue weighted by Gasteiger charge is 2.38. The third kappa shape index (κ3) is 3.39. The molecule has 6 heteroatoms. The summed E-state index contributed by atoms with van der Waals surface area (Å²) in [6.07, 6.45) is 1.86. The van der Waals surface area contributed by atoms with E-state index in [0.717, 1.165) is 22.6 Å². The standard InChI is InChI=1S/C26H20O6/c1-29-17-7-3-15(4-8-17)13-22-25(28)19-11-12-21-24(26(19)32-22)20(14-23(27)31-21)16-5-9-18(30-2)10-6-16/h3-13,20H,14H2,1-2H3/b22-13-. The van der Waals surface area contributed by atoms with Crippen LogP contribution in [0.3, 0.4) is 0 Å². The molecule has 2 aliphatic heterocycles. The first-order chi connectivity index (χ1) is 15.6. The van der Waals surface area contributed by atoms with Crippen molar-refractivity contribution >= 4 is 17.8 Å². The number of ether oxygens (including phenoxy) is 4. The van der Waals surface area contributed by atoms with Crippen molar-refractivity contribution < 1.29 is 28.5 Å². The van der Waals surface area contributed by atoms with Gasteiger partial charge in [-0.3, -0.25) is 9.59 Å². The minimum absolute atomic E-state index is 0.158. The van der Waals surface area contributed by atoms with Gasteiger partial charge in [-0.05, 0) is 53.6 Å². The van der Waals surface area contributed by atoms with Gasteiger partial charge in [-0.25, -0.2) is 0 Å². The maximum Gasteiger partial charge on any atom is 0.312 e. The molecule has 0 aliphatic carbocycles. The molecular weight excluding hydrogens is 408 g/mol. The van der Waals surface area contributed by atoms with Crippen molar-refractivity contribution in [2.45, 2.75) is 12.3 Å². The number of esters is 1. The molecule has 2 heterocycles. The zero-order valence-electron chi connectivity index (χ0n) is 17.6. The molecule has 160 valence electrons. The normalized spacial score (nSPS) is 17.9. The molecule has 0 radical (unpaired) electrons. The van der Waals surface area contributed by atoms with Crippen LogP contribution in [0.4, 0.5) is 0 Å². The second kappa shape index (κ2) is 7.89. The third-order valence-corrected chi connectivity index (χ3v) is 5.71. The first-order valence-electron chi connectivity index (χ1n) is 10.2. The van der Waals surface area contributed by atoms with E-state index >= 15 is 0 Å². The van der Waals surface area contributed by atoms with Crippen molar-refractivity contribution in [2.75, 3.05) is 14.2 Å². The van der Waals surface area contributed by atoms with E-state index in [4.69, 9.17) is 18.9 Å². The van der Waals surface area contributed by atoms with Gasteiger partial charge in [0.2, 0.25) is 5.78 Å². The van der Waals surface area contributed by atoms with Crippen LogP contribution in [0, 0.1) is 0 Å². The van der Waals surface area contributed by atoms with Gasteiger partial charge >= 0.3 is 5.97 Å². The zero-order valence-corrected chi connectivity index (χ0v) is 17.6. The van der Waals surface area contributed by atoms with Crippen molar-refractivity contribution in [3.8, 4) is 23.0 Å². The summed E-state index contributed by atoms with van der Waals surface area (Å²) >= 11 is 0. The second-order valence-corrected chi connectivity index (χ2v) is 7.57. The van der Waals surface area contributed by atoms with E-state index in [0.29, 0.717) is 22.6 Å². The lowest BCUT2D eigenvalue weighted by Crippen LogP contribution is -2.21. The first-order valence-corrected chi connectivity index (χ1v) is 10.2. The molecular formula is C26H20O6. The van der Waals surface area contributed by atoms with Gasteiger partial charge in [0.15, 0.2) is 5.76 Å². The first kappa shape index (κ1) is 19.9. The average Bonchev–Trinajstić information content (AvgIpc) is 3.14. The van der Waals surface area contributed by atoms with Crippen molar-refractivity contribution in [3.05, 3.63) is 88.7 Å². The Morgan fingerprint density at radius 2 is 1.50 bits per heavy atom. The Bertz CT molecular complexity index is 1240. The van der Waals surface area contributed by atoms with Gasteiger partial charge in [-0.15, -0.1) is 0 Å². The SMILES string of the molecule is COc1ccc(/C=C2\Oc3c(ccc4c3C(c3ccc(OC)cc3)CC(=O)O4)C2=O)cc1. The fourth-order valence-corrected chi connectivity index (χ4v) is 4.08. The molecule has 0 saturated heterocycles. The number of hydrogen-bond donors (Lipinski definition) is 0. The number of allylic oxidation sites excluding steroid dienone is 1. The summed E-state index contributed by atoms with van der Waals surface area (Å²) < 4.78 is 22.0. The fraction of sp³-hybridized carbons (Fsp3) is 0.154. The van der Waals surface area contributed by atoms with E-state index in [1.54, 1.807) is 32.4 Å². The van der Waals surface area contributed by atoms with E-state index < -0.39 is 0 Å². The van der Waals surface area contributed by atoms with Gasteiger partial charge in [0.25, 0.3) is 0 Å². The van der Waals surface area contributed by atoms with Gasteiger partial charge in [0.1, 0.15) is 23.0 Å². The number of carbonyl (C=O) groups excluding carboxylic acids is 2. The predicted octanol–water partition coefficient (Wildman–Crippen LogP) is 4.76. The number of methoxy groups -OCH3 is 2. The quantitative estimate of drug-likeness (QED) is 0.339. The number of hydrogen-bond acceptors (Lipinski definition) is 6. The van der Waals surface area contributed by atoms with E-state index in [9.17, 15) is 9.59 Å². The molecule has 0 fully saturated rings. The van der Waals surface area contributed by atoms with Crippen LogP contribution in [0.2, 0.25) is 0 Å². The molecule has 3 aromatic carbocycles. The Hall–Kier alpha value is -4.06. The second-order valence-electron chi connectivity index (χ2n) is 7.57. The largest absolute Gasteiger partial charge is 0.497 e. The Morgan fingerprint density at radius 1 is 0.844 bits per heavy atom. The third-order valence-electron chi connectivity index (χ3n) is 5.71. The van der Waals surface area contributed by atoms with Crippen molar-refractivity contribution in [3.63, 3.8) is 0 Å². The van der Waals surface area contributed by atoms with Crippen LogP contribution in [-0.4, -0.2) is 26.0 Å². The van der Waals surface area contributed by atoms with Crippen LogP contribution >= 0.6 is 0 Å². The van der Waals surface area contributed by atoms with Gasteiger partial charge in [0, 0.05) is 11.5 Å². The average molecular weight is 428 g/mol. The molecule has 32 heavy (non-hydrogen) atoms. The van der Waals surface area contributed by atoms with Crippen LogP contribution in [0.5, 0.6) is 23.0 Å². The molecule has 0 bridgehead atoms. The Morgan fingerprint density at radius 3 is 2.16 bits per heavy atom. The summed E-state index contributed by atoms with van der Waals surface area (Å²) in [5, 5.41) is 0. The van der Waals surface area contributed by atoms with Crippen LogP contribution in [0.1, 0.15) is 39.4 Å². The van der Waals surface area contributed by atoms with Gasteiger partial charge in [-0.1, -0.05) is 24.3 Å². The van der Waals surface area contributed by atoms with Crippen LogP contribution in [0.25, 0.3) is 6.08 Å². The number of ketones is 1.